The van der Waals surface area contributed by atoms with E-state index in [-0.39, 0.29) is 25.0 Å². The number of aryl methyl sites for hydroxylation is 2. The van der Waals surface area contributed by atoms with Crippen LogP contribution in [0.1, 0.15) is 29.2 Å². The molecule has 2 amide bonds. The number of halogens is 2. The summed E-state index contributed by atoms with van der Waals surface area (Å²) in [6.45, 7) is 6.44. The van der Waals surface area contributed by atoms with Crippen molar-refractivity contribution in [1.82, 2.24) is 10.2 Å². The molecule has 0 heterocycles. The minimum Gasteiger partial charge on any atom is -0.484 e. The van der Waals surface area contributed by atoms with Crippen LogP contribution in [-0.4, -0.2) is 35.9 Å². The molecular weight excluding hydrogens is 572 g/mol. The third-order valence-electron chi connectivity index (χ3n) is 5.64. The molecule has 7 heteroatoms. The average Bonchev–Trinajstić information content (AvgIpc) is 2.84. The van der Waals surface area contributed by atoms with Crippen LogP contribution in [0.15, 0.2) is 75.7 Å². The van der Waals surface area contributed by atoms with Gasteiger partial charge in [0.15, 0.2) is 6.61 Å². The Balaban J connectivity index is 1.90. The van der Waals surface area contributed by atoms with Gasteiger partial charge < -0.3 is 15.0 Å². The van der Waals surface area contributed by atoms with Crippen LogP contribution in [0.4, 0.5) is 0 Å². The second-order valence-electron chi connectivity index (χ2n) is 8.41. The number of likely N-dealkylation sites (N-methyl/N-ethyl adjacent to an activating group) is 1. The molecule has 0 spiro atoms. The summed E-state index contributed by atoms with van der Waals surface area (Å²) in [5.74, 6) is 0.182. The number of benzene rings is 3. The maximum absolute atomic E-state index is 13.6. The van der Waals surface area contributed by atoms with E-state index in [0.717, 1.165) is 31.2 Å². The fourth-order valence-corrected chi connectivity index (χ4v) is 4.57. The molecule has 35 heavy (non-hydrogen) atoms. The smallest absolute Gasteiger partial charge is 0.261 e. The van der Waals surface area contributed by atoms with Gasteiger partial charge in [-0.05, 0) is 67.3 Å². The van der Waals surface area contributed by atoms with Crippen molar-refractivity contribution in [1.29, 1.82) is 0 Å². The van der Waals surface area contributed by atoms with Crippen LogP contribution < -0.4 is 10.1 Å². The summed E-state index contributed by atoms with van der Waals surface area (Å²) in [5.41, 5.74) is 3.96. The number of nitrogens with zero attached hydrogens (tertiary/aromatic N) is 1. The van der Waals surface area contributed by atoms with Crippen molar-refractivity contribution in [3.05, 3.63) is 97.9 Å². The first-order valence-electron chi connectivity index (χ1n) is 11.5. The van der Waals surface area contributed by atoms with Gasteiger partial charge in [-0.1, -0.05) is 74.3 Å². The summed E-state index contributed by atoms with van der Waals surface area (Å²) in [7, 11) is 0. The monoisotopic (exact) mass is 600 g/mol. The highest BCUT2D eigenvalue weighted by Gasteiger charge is 2.30. The third kappa shape index (κ3) is 7.67. The first kappa shape index (κ1) is 27.0. The highest BCUT2D eigenvalue weighted by atomic mass is 79.9. The lowest BCUT2D eigenvalue weighted by Gasteiger charge is -2.31. The van der Waals surface area contributed by atoms with Crippen LogP contribution in [0, 0.1) is 13.8 Å². The third-order valence-corrected chi connectivity index (χ3v) is 7.38. The lowest BCUT2D eigenvalue weighted by atomic mass is 10.0. The van der Waals surface area contributed by atoms with Gasteiger partial charge in [-0.25, -0.2) is 0 Å². The van der Waals surface area contributed by atoms with E-state index in [4.69, 9.17) is 4.74 Å². The minimum absolute atomic E-state index is 0.167. The molecule has 0 radical (unpaired) electrons. The van der Waals surface area contributed by atoms with Gasteiger partial charge in [0.2, 0.25) is 5.91 Å². The molecule has 0 aliphatic carbocycles. The molecule has 0 saturated carbocycles. The number of carbonyl (C=O) groups is 2. The van der Waals surface area contributed by atoms with Gasteiger partial charge in [0.25, 0.3) is 5.91 Å². The average molecular weight is 602 g/mol. The Morgan fingerprint density at radius 1 is 0.943 bits per heavy atom. The standard InChI is InChI=1S/C28H30Br2N2O3/c1-4-31-28(34)25(16-21-9-6-5-7-10-21)32(17-22-11-8-12-23(29)15-22)26(33)18-35-24-13-19(2)27(30)20(3)14-24/h5-15,25H,4,16-18H2,1-3H3,(H,31,34)/t25-/m1/s1. The lowest BCUT2D eigenvalue weighted by molar-refractivity contribution is -0.142. The summed E-state index contributed by atoms with van der Waals surface area (Å²) >= 11 is 7.06. The van der Waals surface area contributed by atoms with Crippen LogP contribution in [0.5, 0.6) is 5.75 Å². The van der Waals surface area contributed by atoms with Crippen molar-refractivity contribution in [3.8, 4) is 5.75 Å². The molecule has 0 aliphatic rings. The topological polar surface area (TPSA) is 58.6 Å². The van der Waals surface area contributed by atoms with E-state index in [2.05, 4.69) is 37.2 Å². The number of carbonyl (C=O) groups excluding carboxylic acids is 2. The van der Waals surface area contributed by atoms with Crippen molar-refractivity contribution >= 4 is 43.7 Å². The quantitative estimate of drug-likeness (QED) is 0.311. The van der Waals surface area contributed by atoms with Crippen LogP contribution >= 0.6 is 31.9 Å². The van der Waals surface area contributed by atoms with Crippen molar-refractivity contribution in [3.63, 3.8) is 0 Å². The number of ether oxygens (including phenoxy) is 1. The molecule has 0 saturated heterocycles. The van der Waals surface area contributed by atoms with Gasteiger partial charge >= 0.3 is 0 Å². The van der Waals surface area contributed by atoms with Crippen LogP contribution in [-0.2, 0) is 22.6 Å². The fraction of sp³-hybridized carbons (Fsp3) is 0.286. The lowest BCUT2D eigenvalue weighted by Crippen LogP contribution is -2.51. The van der Waals surface area contributed by atoms with Gasteiger partial charge in [-0.2, -0.15) is 0 Å². The second kappa shape index (κ2) is 12.9. The number of hydrogen-bond donors (Lipinski definition) is 1. The SMILES string of the molecule is CCNC(=O)[C@@H](Cc1ccccc1)N(Cc1cccc(Br)c1)C(=O)COc1cc(C)c(Br)c(C)c1. The zero-order chi connectivity index (χ0) is 25.4. The van der Waals surface area contributed by atoms with Crippen LogP contribution in [0.2, 0.25) is 0 Å². The maximum atomic E-state index is 13.6. The number of nitrogens with one attached hydrogen (secondary N) is 1. The van der Waals surface area contributed by atoms with Gasteiger partial charge in [0, 0.05) is 28.5 Å². The Kier molecular flexibility index (Phi) is 9.93. The van der Waals surface area contributed by atoms with Crippen LogP contribution in [0.25, 0.3) is 0 Å². The fourth-order valence-electron chi connectivity index (χ4n) is 3.90. The Morgan fingerprint density at radius 2 is 1.60 bits per heavy atom. The molecule has 0 fully saturated rings. The maximum Gasteiger partial charge on any atom is 0.261 e. The molecule has 3 aromatic carbocycles. The molecule has 0 aromatic heterocycles. The predicted octanol–water partition coefficient (Wildman–Crippen LogP) is 5.98. The van der Waals surface area contributed by atoms with E-state index in [0.29, 0.717) is 18.7 Å². The predicted molar refractivity (Wildman–Crippen MR) is 146 cm³/mol. The van der Waals surface area contributed by atoms with Crippen molar-refractivity contribution in [2.75, 3.05) is 13.2 Å². The molecule has 5 nitrogen and oxygen atoms in total. The minimum atomic E-state index is -0.680. The van der Waals surface area contributed by atoms with Crippen molar-refractivity contribution < 1.29 is 14.3 Å². The van der Waals surface area contributed by atoms with E-state index in [1.165, 1.54) is 0 Å². The highest BCUT2D eigenvalue weighted by Crippen LogP contribution is 2.26. The van der Waals surface area contributed by atoms with Crippen LogP contribution in [0.3, 0.4) is 0 Å². The van der Waals surface area contributed by atoms with Crippen molar-refractivity contribution in [2.24, 2.45) is 0 Å². The molecule has 1 N–H and O–H groups in total. The summed E-state index contributed by atoms with van der Waals surface area (Å²) < 4.78 is 7.85. The summed E-state index contributed by atoms with van der Waals surface area (Å²) in [4.78, 5) is 28.4. The molecule has 0 aliphatic heterocycles. The van der Waals surface area contributed by atoms with E-state index in [9.17, 15) is 9.59 Å². The summed E-state index contributed by atoms with van der Waals surface area (Å²) in [6, 6.07) is 20.6. The second-order valence-corrected chi connectivity index (χ2v) is 10.1. The number of amides is 2. The molecule has 3 rings (SSSR count). The summed E-state index contributed by atoms with van der Waals surface area (Å²) in [5, 5.41) is 2.91. The molecule has 1 atom stereocenters. The first-order valence-corrected chi connectivity index (χ1v) is 13.1. The van der Waals surface area contributed by atoms with Gasteiger partial charge in [-0.3, -0.25) is 9.59 Å². The Morgan fingerprint density at radius 3 is 2.23 bits per heavy atom. The first-order chi connectivity index (χ1) is 16.8. The van der Waals surface area contributed by atoms with E-state index in [1.807, 2.05) is 87.5 Å². The van der Waals surface area contributed by atoms with E-state index in [1.54, 1.807) is 4.90 Å². The highest BCUT2D eigenvalue weighted by molar-refractivity contribution is 9.10. The van der Waals surface area contributed by atoms with Gasteiger partial charge in [0.1, 0.15) is 11.8 Å². The molecule has 184 valence electrons. The molecule has 3 aromatic rings. The number of rotatable bonds is 10. The Hall–Kier alpha value is -2.64. The molecule has 0 unspecified atom stereocenters. The van der Waals surface area contributed by atoms with Gasteiger partial charge in [0.05, 0.1) is 0 Å². The summed E-state index contributed by atoms with van der Waals surface area (Å²) in [6.07, 6.45) is 0.406. The zero-order valence-electron chi connectivity index (χ0n) is 20.2. The normalized spacial score (nSPS) is 11.6. The zero-order valence-corrected chi connectivity index (χ0v) is 23.4. The van der Waals surface area contributed by atoms with E-state index < -0.39 is 6.04 Å². The Bertz CT molecular complexity index is 1140. The molecule has 0 bridgehead atoms. The van der Waals surface area contributed by atoms with Gasteiger partial charge in [-0.15, -0.1) is 0 Å². The number of hydrogen-bond acceptors (Lipinski definition) is 3. The Labute approximate surface area is 224 Å². The van der Waals surface area contributed by atoms with Crippen molar-refractivity contribution in [2.45, 2.75) is 39.8 Å². The largest absolute Gasteiger partial charge is 0.484 e. The van der Waals surface area contributed by atoms with E-state index >= 15 is 0 Å². The molecular formula is C28H30Br2N2O3.